The van der Waals surface area contributed by atoms with E-state index in [0.717, 1.165) is 11.3 Å². The highest BCUT2D eigenvalue weighted by molar-refractivity contribution is 6.09. The van der Waals surface area contributed by atoms with Crippen molar-refractivity contribution in [1.82, 2.24) is 0 Å². The number of para-hydroxylation sites is 1. The molecule has 0 fully saturated rings. The molecule has 0 atom stereocenters. The lowest BCUT2D eigenvalue weighted by Crippen LogP contribution is -2.18. The van der Waals surface area contributed by atoms with E-state index in [1.165, 1.54) is 12.1 Å². The number of anilines is 3. The molecule has 0 aliphatic heterocycles. The summed E-state index contributed by atoms with van der Waals surface area (Å²) in [7, 11) is 3.77. The first-order valence-electron chi connectivity index (χ1n) is 9.14. The minimum Gasteiger partial charge on any atom is -0.508 e. The van der Waals surface area contributed by atoms with Gasteiger partial charge in [-0.25, -0.2) is 0 Å². The normalized spacial score (nSPS) is 10.3. The van der Waals surface area contributed by atoms with Gasteiger partial charge in [0.05, 0.1) is 5.56 Å². The Morgan fingerprint density at radius 1 is 0.862 bits per heavy atom. The maximum absolute atomic E-state index is 12.8. The molecule has 0 unspecified atom stereocenters. The second-order valence-corrected chi connectivity index (χ2v) is 6.90. The Labute approximate surface area is 169 Å². The lowest BCUT2D eigenvalue weighted by Gasteiger charge is -2.17. The van der Waals surface area contributed by atoms with Gasteiger partial charge in [0.15, 0.2) is 0 Å². The van der Waals surface area contributed by atoms with Gasteiger partial charge in [-0.3, -0.25) is 9.59 Å². The van der Waals surface area contributed by atoms with Crippen LogP contribution in [0, 0.1) is 6.92 Å². The van der Waals surface area contributed by atoms with Gasteiger partial charge in [0.25, 0.3) is 11.8 Å². The zero-order valence-electron chi connectivity index (χ0n) is 16.6. The smallest absolute Gasteiger partial charge is 0.257 e. The van der Waals surface area contributed by atoms with Crippen LogP contribution in [0.3, 0.4) is 0 Å². The fourth-order valence-corrected chi connectivity index (χ4v) is 2.90. The molecule has 6 heteroatoms. The number of benzene rings is 3. The zero-order valence-corrected chi connectivity index (χ0v) is 16.6. The Morgan fingerprint density at radius 2 is 1.55 bits per heavy atom. The van der Waals surface area contributed by atoms with Gasteiger partial charge >= 0.3 is 0 Å². The van der Waals surface area contributed by atoms with Crippen LogP contribution in [-0.2, 0) is 0 Å². The minimum absolute atomic E-state index is 0.0976. The topological polar surface area (TPSA) is 81.7 Å². The predicted octanol–water partition coefficient (Wildman–Crippen LogP) is 4.27. The summed E-state index contributed by atoms with van der Waals surface area (Å²) in [6.07, 6.45) is 0. The third-order valence-electron chi connectivity index (χ3n) is 4.50. The fraction of sp³-hybridized carbons (Fsp3) is 0.130. The highest BCUT2D eigenvalue weighted by Crippen LogP contribution is 2.24. The van der Waals surface area contributed by atoms with Gasteiger partial charge in [-0.2, -0.15) is 0 Å². The van der Waals surface area contributed by atoms with E-state index in [1.807, 2.05) is 50.2 Å². The van der Waals surface area contributed by atoms with E-state index < -0.39 is 0 Å². The van der Waals surface area contributed by atoms with Crippen molar-refractivity contribution in [1.29, 1.82) is 0 Å². The van der Waals surface area contributed by atoms with Crippen molar-refractivity contribution in [3.8, 4) is 5.75 Å². The molecular formula is C23H23N3O3. The first-order chi connectivity index (χ1) is 13.8. The van der Waals surface area contributed by atoms with Crippen LogP contribution < -0.4 is 15.5 Å². The zero-order chi connectivity index (χ0) is 21.0. The molecule has 0 heterocycles. The van der Waals surface area contributed by atoms with Gasteiger partial charge in [0.2, 0.25) is 0 Å². The van der Waals surface area contributed by atoms with Gasteiger partial charge in [-0.15, -0.1) is 0 Å². The molecule has 0 aliphatic rings. The van der Waals surface area contributed by atoms with Gasteiger partial charge < -0.3 is 20.6 Å². The standard InChI is InChI=1S/C23H23N3O3/c1-15-8-11-17(24-23(29)19-6-4-5-7-21(19)26(2)3)14-20(15)25-22(28)16-9-12-18(27)13-10-16/h4-14,27H,1-3H3,(H,24,29)(H,25,28). The van der Waals surface area contributed by atoms with Crippen LogP contribution in [0.15, 0.2) is 66.7 Å². The number of phenolic OH excluding ortho intramolecular Hbond substituents is 1. The fourth-order valence-electron chi connectivity index (χ4n) is 2.90. The summed E-state index contributed by atoms with van der Waals surface area (Å²) >= 11 is 0. The van der Waals surface area contributed by atoms with E-state index in [2.05, 4.69) is 10.6 Å². The molecule has 0 bridgehead atoms. The Bertz CT molecular complexity index is 1040. The van der Waals surface area contributed by atoms with Crippen LogP contribution >= 0.6 is 0 Å². The van der Waals surface area contributed by atoms with Gasteiger partial charge in [0.1, 0.15) is 5.75 Å². The molecule has 3 aromatic rings. The molecule has 29 heavy (non-hydrogen) atoms. The summed E-state index contributed by atoms with van der Waals surface area (Å²) < 4.78 is 0. The Hall–Kier alpha value is -3.80. The van der Waals surface area contributed by atoms with E-state index in [0.29, 0.717) is 22.5 Å². The van der Waals surface area contributed by atoms with Crippen LogP contribution in [0.1, 0.15) is 26.3 Å². The van der Waals surface area contributed by atoms with Crippen LogP contribution in [0.5, 0.6) is 5.75 Å². The first-order valence-corrected chi connectivity index (χ1v) is 9.14. The second kappa shape index (κ2) is 8.48. The van der Waals surface area contributed by atoms with E-state index in [-0.39, 0.29) is 17.6 Å². The molecule has 0 aliphatic carbocycles. The number of amides is 2. The average molecular weight is 389 g/mol. The number of hydrogen-bond donors (Lipinski definition) is 3. The summed E-state index contributed by atoms with van der Waals surface area (Å²) in [5.74, 6) is -0.427. The molecule has 3 aromatic carbocycles. The number of nitrogens with one attached hydrogen (secondary N) is 2. The molecule has 148 valence electrons. The summed E-state index contributed by atoms with van der Waals surface area (Å²) in [4.78, 5) is 27.1. The van der Waals surface area contributed by atoms with E-state index in [9.17, 15) is 14.7 Å². The van der Waals surface area contributed by atoms with E-state index in [1.54, 1.807) is 30.3 Å². The highest BCUT2D eigenvalue weighted by atomic mass is 16.3. The molecule has 0 spiro atoms. The Morgan fingerprint density at radius 3 is 2.24 bits per heavy atom. The van der Waals surface area contributed by atoms with Crippen molar-refractivity contribution < 1.29 is 14.7 Å². The molecule has 0 saturated heterocycles. The van der Waals surface area contributed by atoms with Crippen molar-refractivity contribution in [3.63, 3.8) is 0 Å². The van der Waals surface area contributed by atoms with Crippen molar-refractivity contribution in [2.45, 2.75) is 6.92 Å². The van der Waals surface area contributed by atoms with Crippen molar-refractivity contribution in [2.24, 2.45) is 0 Å². The Balaban J connectivity index is 1.79. The van der Waals surface area contributed by atoms with Crippen LogP contribution in [0.25, 0.3) is 0 Å². The quantitative estimate of drug-likeness (QED) is 0.609. The summed E-state index contributed by atoms with van der Waals surface area (Å²) in [6.45, 7) is 1.87. The van der Waals surface area contributed by atoms with Crippen molar-refractivity contribution in [2.75, 3.05) is 29.6 Å². The minimum atomic E-state index is -0.297. The highest BCUT2D eigenvalue weighted by Gasteiger charge is 2.14. The third kappa shape index (κ3) is 4.73. The van der Waals surface area contributed by atoms with Gasteiger partial charge in [-0.05, 0) is 61.0 Å². The second-order valence-electron chi connectivity index (χ2n) is 6.90. The number of aryl methyl sites for hydroxylation is 1. The maximum Gasteiger partial charge on any atom is 0.257 e. The van der Waals surface area contributed by atoms with Crippen LogP contribution in [0.2, 0.25) is 0 Å². The lowest BCUT2D eigenvalue weighted by molar-refractivity contribution is 0.101. The number of phenols is 1. The largest absolute Gasteiger partial charge is 0.508 e. The lowest BCUT2D eigenvalue weighted by atomic mass is 10.1. The molecule has 6 nitrogen and oxygen atoms in total. The number of nitrogens with zero attached hydrogens (tertiary/aromatic N) is 1. The molecule has 0 aromatic heterocycles. The van der Waals surface area contributed by atoms with Crippen molar-refractivity contribution >= 4 is 28.9 Å². The molecule has 0 radical (unpaired) electrons. The third-order valence-corrected chi connectivity index (χ3v) is 4.50. The first kappa shape index (κ1) is 19.9. The summed E-state index contributed by atoms with van der Waals surface area (Å²) in [5.41, 5.74) is 3.85. The number of carbonyl (C=O) groups is 2. The molecule has 0 saturated carbocycles. The average Bonchev–Trinajstić information content (AvgIpc) is 2.70. The molecule has 3 rings (SSSR count). The molecule has 2 amide bonds. The monoisotopic (exact) mass is 389 g/mol. The van der Waals surface area contributed by atoms with E-state index in [4.69, 9.17) is 0 Å². The van der Waals surface area contributed by atoms with E-state index >= 15 is 0 Å². The van der Waals surface area contributed by atoms with Gasteiger partial charge in [-0.1, -0.05) is 18.2 Å². The summed E-state index contributed by atoms with van der Waals surface area (Å²) in [5, 5.41) is 15.1. The van der Waals surface area contributed by atoms with Gasteiger partial charge in [0, 0.05) is 36.7 Å². The summed E-state index contributed by atoms with van der Waals surface area (Å²) in [6, 6.07) is 18.7. The number of hydrogen-bond acceptors (Lipinski definition) is 4. The van der Waals surface area contributed by atoms with Crippen LogP contribution in [-0.4, -0.2) is 31.0 Å². The SMILES string of the molecule is Cc1ccc(NC(=O)c2ccccc2N(C)C)cc1NC(=O)c1ccc(O)cc1. The number of rotatable bonds is 5. The number of carbonyl (C=O) groups excluding carboxylic acids is 2. The Kier molecular flexibility index (Phi) is 5.83. The van der Waals surface area contributed by atoms with Crippen molar-refractivity contribution in [3.05, 3.63) is 83.4 Å². The molecular weight excluding hydrogens is 366 g/mol. The predicted molar refractivity (Wildman–Crippen MR) is 116 cm³/mol. The maximum atomic E-state index is 12.8. The van der Waals surface area contributed by atoms with Crippen LogP contribution in [0.4, 0.5) is 17.1 Å². The number of aromatic hydroxyl groups is 1. The molecule has 3 N–H and O–H groups in total.